The smallest absolute Gasteiger partial charge is 0.204 e. The molecule has 0 bridgehead atoms. The van der Waals surface area contributed by atoms with Crippen LogP contribution in [0.2, 0.25) is 0 Å². The molecule has 0 amide bonds. The number of furan rings is 1. The Labute approximate surface area is 347 Å². The van der Waals surface area contributed by atoms with E-state index in [1.165, 1.54) is 0 Å². The Hall–Kier alpha value is -8.24. The van der Waals surface area contributed by atoms with Crippen LogP contribution in [0, 0.1) is 0 Å². The van der Waals surface area contributed by atoms with Crippen LogP contribution in [0.3, 0.4) is 0 Å². The van der Waals surface area contributed by atoms with Gasteiger partial charge in [0.25, 0.3) is 0 Å². The third kappa shape index (κ3) is 5.95. The number of hydrogen-bond acceptors (Lipinski definition) is 10. The molecule has 0 atom stereocenters. The molecule has 61 heavy (non-hydrogen) atoms. The topological polar surface area (TPSA) is 195 Å². The van der Waals surface area contributed by atoms with Crippen molar-refractivity contribution in [3.8, 4) is 45.3 Å². The molecule has 0 fully saturated rings. The van der Waals surface area contributed by atoms with Crippen molar-refractivity contribution in [3.63, 3.8) is 0 Å². The van der Waals surface area contributed by atoms with E-state index in [-0.39, 0.29) is 11.1 Å². The van der Waals surface area contributed by atoms with E-state index in [1.54, 1.807) is 24.3 Å². The molecule has 0 unspecified atom stereocenters. The van der Waals surface area contributed by atoms with Gasteiger partial charge in [-0.2, -0.15) is 0 Å². The van der Waals surface area contributed by atoms with Crippen LogP contribution >= 0.6 is 0 Å². The van der Waals surface area contributed by atoms with E-state index in [0.717, 1.165) is 43.8 Å². The van der Waals surface area contributed by atoms with Crippen molar-refractivity contribution in [2.75, 3.05) is 0 Å². The molecule has 302 valence electrons. The van der Waals surface area contributed by atoms with Crippen molar-refractivity contribution in [3.05, 3.63) is 168 Å². The lowest BCUT2D eigenvalue weighted by Crippen LogP contribution is -2.02. The van der Waals surface area contributed by atoms with E-state index < -0.39 is 69.4 Å². The molecule has 1 aliphatic carbocycles. The number of allylic oxidation sites excluding steroid dienone is 6. The fourth-order valence-corrected chi connectivity index (χ4v) is 8.49. The zero-order valence-corrected chi connectivity index (χ0v) is 32.6. The standard InChI is InChI=1S/C51H38O10/c1-3-4-5-6-12-25(2)26-19-20-27-22-34-38(23-28(27)21-26)61-37-18-11-17-33(40(34)37)39-29-13-7-9-15-31(29)41(32-16-10-8-14-30(32)39)43-44(48(57)51(60)50(59)47(43)56)42-35(52)24-36(53)45(54)49(58)46(42)55/h3-11,13-23,52-60H,2,12,24H2,1H3/b4-3-,6-5-. The molecule has 10 nitrogen and oxygen atoms in total. The molecular weight excluding hydrogens is 773 g/mol. The molecule has 0 saturated heterocycles. The number of aliphatic hydroxyl groups is 5. The van der Waals surface area contributed by atoms with Gasteiger partial charge in [-0.25, -0.2) is 0 Å². The van der Waals surface area contributed by atoms with Crippen molar-refractivity contribution < 1.29 is 50.4 Å². The second-order valence-electron chi connectivity index (χ2n) is 14.9. The first kappa shape index (κ1) is 38.3. The molecule has 1 aliphatic rings. The number of benzene rings is 7. The molecule has 0 aliphatic heterocycles. The normalized spacial score (nSPS) is 14.0. The van der Waals surface area contributed by atoms with E-state index in [1.807, 2.05) is 73.7 Å². The summed E-state index contributed by atoms with van der Waals surface area (Å²) in [6, 6.07) is 30.7. The Bertz CT molecular complexity index is 3320. The second-order valence-corrected chi connectivity index (χ2v) is 14.9. The molecule has 1 heterocycles. The highest BCUT2D eigenvalue weighted by atomic mass is 16.4. The summed E-state index contributed by atoms with van der Waals surface area (Å²) in [5.41, 5.74) is 3.46. The molecule has 1 aromatic heterocycles. The quantitative estimate of drug-likeness (QED) is 0.0323. The Morgan fingerprint density at radius 2 is 1.20 bits per heavy atom. The Balaban J connectivity index is 1.33. The van der Waals surface area contributed by atoms with Gasteiger partial charge in [0, 0.05) is 27.5 Å². The van der Waals surface area contributed by atoms with Gasteiger partial charge in [-0.15, -0.1) is 0 Å². The van der Waals surface area contributed by atoms with Crippen LogP contribution in [0.5, 0.6) is 23.0 Å². The minimum Gasteiger partial charge on any atom is -0.511 e. The van der Waals surface area contributed by atoms with Gasteiger partial charge < -0.3 is 50.4 Å². The molecule has 0 radical (unpaired) electrons. The van der Waals surface area contributed by atoms with Crippen LogP contribution in [0.15, 0.2) is 161 Å². The third-order valence-corrected chi connectivity index (χ3v) is 11.3. The summed E-state index contributed by atoms with van der Waals surface area (Å²) >= 11 is 0. The predicted molar refractivity (Wildman–Crippen MR) is 240 cm³/mol. The summed E-state index contributed by atoms with van der Waals surface area (Å²) in [6.45, 7) is 6.28. The van der Waals surface area contributed by atoms with E-state index in [4.69, 9.17) is 4.42 Å². The molecule has 0 saturated carbocycles. The first-order valence-corrected chi connectivity index (χ1v) is 19.4. The minimum absolute atomic E-state index is 0.205. The fourth-order valence-electron chi connectivity index (χ4n) is 8.49. The van der Waals surface area contributed by atoms with Gasteiger partial charge in [0.05, 0.1) is 12.0 Å². The van der Waals surface area contributed by atoms with Gasteiger partial charge in [0.2, 0.25) is 17.3 Å². The number of fused-ring (bicyclic) bond motifs is 6. The Morgan fingerprint density at radius 1 is 0.557 bits per heavy atom. The van der Waals surface area contributed by atoms with E-state index >= 15 is 0 Å². The number of phenols is 4. The molecule has 10 heteroatoms. The van der Waals surface area contributed by atoms with Gasteiger partial charge in [-0.1, -0.05) is 104 Å². The van der Waals surface area contributed by atoms with Crippen molar-refractivity contribution >= 4 is 65.4 Å². The van der Waals surface area contributed by atoms with Gasteiger partial charge in [-0.05, 0) is 92.2 Å². The zero-order valence-electron chi connectivity index (χ0n) is 32.6. The van der Waals surface area contributed by atoms with Gasteiger partial charge >= 0.3 is 0 Å². The minimum atomic E-state index is -1.24. The summed E-state index contributed by atoms with van der Waals surface area (Å²) in [7, 11) is 0. The maximum atomic E-state index is 11.8. The lowest BCUT2D eigenvalue weighted by Gasteiger charge is -2.23. The highest BCUT2D eigenvalue weighted by Crippen LogP contribution is 2.58. The highest BCUT2D eigenvalue weighted by molar-refractivity contribution is 6.27. The van der Waals surface area contributed by atoms with Crippen molar-refractivity contribution in [1.29, 1.82) is 0 Å². The molecule has 0 spiro atoms. The van der Waals surface area contributed by atoms with Crippen LogP contribution in [-0.2, 0) is 0 Å². The number of aromatic hydroxyl groups is 4. The van der Waals surface area contributed by atoms with Crippen LogP contribution in [0.1, 0.15) is 30.9 Å². The van der Waals surface area contributed by atoms with E-state index in [0.29, 0.717) is 39.1 Å². The SMILES string of the molecule is C=C(C/C=C\C=C/C)c1ccc2cc3c(cc2c1)oc1cccc(-c2c4ccccc4c(-c4c(O)c(O)c(O)c(O)c4C4=C(O)CC(O)=C(O)C(O)=C4O)c4ccccc24)c13. The molecule has 9 rings (SSSR count). The van der Waals surface area contributed by atoms with E-state index in [2.05, 4.69) is 36.9 Å². The average molecular weight is 811 g/mol. The third-order valence-electron chi connectivity index (χ3n) is 11.3. The largest absolute Gasteiger partial charge is 0.511 e. The van der Waals surface area contributed by atoms with Gasteiger partial charge in [0.1, 0.15) is 22.7 Å². The first-order valence-electron chi connectivity index (χ1n) is 19.4. The van der Waals surface area contributed by atoms with Gasteiger partial charge in [0.15, 0.2) is 23.0 Å². The lowest BCUT2D eigenvalue weighted by molar-refractivity contribution is 0.260. The summed E-state index contributed by atoms with van der Waals surface area (Å²) in [6.07, 6.45) is 7.91. The van der Waals surface area contributed by atoms with Crippen LogP contribution in [0.25, 0.3) is 87.7 Å². The van der Waals surface area contributed by atoms with Crippen molar-refractivity contribution in [1.82, 2.24) is 0 Å². The number of aliphatic hydroxyl groups excluding tert-OH is 5. The van der Waals surface area contributed by atoms with Gasteiger partial charge in [-0.3, -0.25) is 0 Å². The fraction of sp³-hybridized carbons (Fsp3) is 0.0588. The summed E-state index contributed by atoms with van der Waals surface area (Å²) in [5.74, 6) is -9.62. The maximum Gasteiger partial charge on any atom is 0.204 e. The van der Waals surface area contributed by atoms with Crippen LogP contribution in [0.4, 0.5) is 0 Å². The number of phenolic OH excluding ortho intramolecular Hbond substituents is 4. The molecule has 9 N–H and O–H groups in total. The lowest BCUT2D eigenvalue weighted by atomic mass is 9.81. The number of hydrogen-bond donors (Lipinski definition) is 9. The zero-order chi connectivity index (χ0) is 42.9. The van der Waals surface area contributed by atoms with Crippen molar-refractivity contribution in [2.24, 2.45) is 0 Å². The highest BCUT2D eigenvalue weighted by Gasteiger charge is 2.35. The molecule has 7 aromatic carbocycles. The second kappa shape index (κ2) is 14.5. The summed E-state index contributed by atoms with van der Waals surface area (Å²) in [4.78, 5) is 0. The average Bonchev–Trinajstić information content (AvgIpc) is 3.61. The Morgan fingerprint density at radius 3 is 1.85 bits per heavy atom. The maximum absolute atomic E-state index is 11.8. The predicted octanol–water partition coefficient (Wildman–Crippen LogP) is 13.1. The first-order chi connectivity index (χ1) is 29.4. The molecule has 8 aromatic rings. The van der Waals surface area contributed by atoms with Crippen LogP contribution in [-0.4, -0.2) is 46.0 Å². The Kier molecular flexibility index (Phi) is 9.13. The molecular formula is C51H38O10. The summed E-state index contributed by atoms with van der Waals surface area (Å²) < 4.78 is 6.55. The van der Waals surface area contributed by atoms with Crippen LogP contribution < -0.4 is 0 Å². The number of rotatable bonds is 7. The monoisotopic (exact) mass is 810 g/mol. The van der Waals surface area contributed by atoms with E-state index in [9.17, 15) is 46.0 Å². The van der Waals surface area contributed by atoms with Crippen molar-refractivity contribution in [2.45, 2.75) is 19.8 Å². The summed E-state index contributed by atoms with van der Waals surface area (Å²) in [5, 5.41) is 105.